The molecule has 3 heterocycles. The molecule has 2 fully saturated rings. The molecule has 2 bridgehead atoms. The number of ether oxygens (including phenoxy) is 1. The molecule has 2 aromatic rings. The van der Waals surface area contributed by atoms with Gasteiger partial charge in [0, 0.05) is 42.0 Å². The van der Waals surface area contributed by atoms with Gasteiger partial charge >= 0.3 is 0 Å². The molecule has 8 nitrogen and oxygen atoms in total. The number of carbonyl (C=O) groups excluding carboxylic acids is 2. The minimum Gasteiger partial charge on any atom is -0.496 e. The van der Waals surface area contributed by atoms with E-state index in [1.807, 2.05) is 31.2 Å². The zero-order valence-electron chi connectivity index (χ0n) is 19.4. The molecule has 8 heteroatoms. The van der Waals surface area contributed by atoms with Crippen LogP contribution in [0.5, 0.6) is 5.75 Å². The van der Waals surface area contributed by atoms with Crippen LogP contribution in [0.25, 0.3) is 0 Å². The summed E-state index contributed by atoms with van der Waals surface area (Å²) in [5.41, 5.74) is 1.97. The van der Waals surface area contributed by atoms with Crippen molar-refractivity contribution in [2.45, 2.75) is 63.8 Å². The first kappa shape index (κ1) is 23.0. The number of aromatic nitrogens is 1. The molecule has 1 aromatic heterocycles. The van der Waals surface area contributed by atoms with Gasteiger partial charge < -0.3 is 25.4 Å². The molecule has 2 saturated heterocycles. The number of nitrogens with one attached hydrogen (secondary N) is 2. The minimum atomic E-state index is -0.591. The smallest absolute Gasteiger partial charge is 0.252 e. The lowest BCUT2D eigenvalue weighted by Gasteiger charge is -2.40. The van der Waals surface area contributed by atoms with Gasteiger partial charge in [0.15, 0.2) is 0 Å². The fourth-order valence-corrected chi connectivity index (χ4v) is 5.03. The second-order valence-electron chi connectivity index (χ2n) is 9.03. The highest BCUT2D eigenvalue weighted by molar-refractivity contribution is 5.96. The summed E-state index contributed by atoms with van der Waals surface area (Å²) in [4.78, 5) is 32.0. The molecule has 4 atom stereocenters. The molecule has 33 heavy (non-hydrogen) atoms. The van der Waals surface area contributed by atoms with Gasteiger partial charge in [0.05, 0.1) is 18.8 Å². The first-order valence-corrected chi connectivity index (χ1v) is 11.5. The zero-order valence-corrected chi connectivity index (χ0v) is 19.4. The second kappa shape index (κ2) is 9.79. The van der Waals surface area contributed by atoms with E-state index in [2.05, 4.69) is 20.5 Å². The van der Waals surface area contributed by atoms with Crippen LogP contribution in [0.15, 0.2) is 36.5 Å². The molecule has 2 amide bonds. The predicted octanol–water partition coefficient (Wildman–Crippen LogP) is 2.44. The Labute approximate surface area is 194 Å². The lowest BCUT2D eigenvalue weighted by molar-refractivity contribution is 0.0918. The molecule has 0 spiro atoms. The van der Waals surface area contributed by atoms with Crippen LogP contribution in [-0.4, -0.2) is 59.8 Å². The number of amides is 2. The fourth-order valence-electron chi connectivity index (χ4n) is 5.03. The van der Waals surface area contributed by atoms with Crippen LogP contribution in [0.2, 0.25) is 0 Å². The van der Waals surface area contributed by atoms with Crippen LogP contribution in [0, 0.1) is 6.92 Å². The van der Waals surface area contributed by atoms with Gasteiger partial charge in [0.1, 0.15) is 11.6 Å². The van der Waals surface area contributed by atoms with Crippen molar-refractivity contribution >= 4 is 17.6 Å². The molecular formula is C25H32N4O4. The maximum atomic E-state index is 12.9. The summed E-state index contributed by atoms with van der Waals surface area (Å²) >= 11 is 0. The second-order valence-corrected chi connectivity index (χ2v) is 9.03. The highest BCUT2D eigenvalue weighted by Crippen LogP contribution is 2.38. The number of hydrogen-bond acceptors (Lipinski definition) is 6. The Balaban J connectivity index is 1.39. The van der Waals surface area contributed by atoms with Gasteiger partial charge in [0.2, 0.25) is 0 Å². The van der Waals surface area contributed by atoms with Crippen molar-refractivity contribution in [1.29, 1.82) is 0 Å². The van der Waals surface area contributed by atoms with Crippen LogP contribution in [0.4, 0.5) is 5.82 Å². The number of aliphatic hydroxyl groups is 1. The van der Waals surface area contributed by atoms with Gasteiger partial charge in [-0.15, -0.1) is 0 Å². The number of anilines is 1. The summed E-state index contributed by atoms with van der Waals surface area (Å²) < 4.78 is 5.35. The van der Waals surface area contributed by atoms with Crippen molar-refractivity contribution in [2.75, 3.05) is 18.6 Å². The van der Waals surface area contributed by atoms with Gasteiger partial charge in [0.25, 0.3) is 11.8 Å². The number of benzene rings is 1. The van der Waals surface area contributed by atoms with E-state index in [1.54, 1.807) is 26.3 Å². The van der Waals surface area contributed by atoms with Crippen LogP contribution in [0.1, 0.15) is 58.9 Å². The van der Waals surface area contributed by atoms with Gasteiger partial charge in [-0.25, -0.2) is 4.98 Å². The third kappa shape index (κ3) is 4.95. The van der Waals surface area contributed by atoms with E-state index >= 15 is 0 Å². The quantitative estimate of drug-likeness (QED) is 0.596. The number of methoxy groups -OCH3 is 1. The van der Waals surface area contributed by atoms with E-state index in [0.717, 1.165) is 37.1 Å². The first-order valence-electron chi connectivity index (χ1n) is 11.5. The van der Waals surface area contributed by atoms with Gasteiger partial charge in [-0.3, -0.25) is 9.59 Å². The number of carbonyl (C=O) groups is 2. The van der Waals surface area contributed by atoms with Gasteiger partial charge in [-0.05, 0) is 63.8 Å². The summed E-state index contributed by atoms with van der Waals surface area (Å²) in [6, 6.07) is 9.93. The van der Waals surface area contributed by atoms with Gasteiger partial charge in [-0.2, -0.15) is 0 Å². The van der Waals surface area contributed by atoms with E-state index in [1.165, 1.54) is 0 Å². The summed E-state index contributed by atoms with van der Waals surface area (Å²) in [7, 11) is 1.61. The fraction of sp³-hybridized carbons (Fsp3) is 0.480. The summed E-state index contributed by atoms with van der Waals surface area (Å²) in [6.45, 7) is 3.74. The van der Waals surface area contributed by atoms with Crippen LogP contribution in [0.3, 0.4) is 0 Å². The largest absolute Gasteiger partial charge is 0.496 e. The molecule has 0 radical (unpaired) electrons. The van der Waals surface area contributed by atoms with E-state index in [-0.39, 0.29) is 24.4 Å². The normalized spacial score (nSPS) is 22.5. The summed E-state index contributed by atoms with van der Waals surface area (Å²) in [6.07, 6.45) is 4.85. The monoisotopic (exact) mass is 452 g/mol. The molecule has 0 unspecified atom stereocenters. The van der Waals surface area contributed by atoms with E-state index in [0.29, 0.717) is 29.0 Å². The first-order chi connectivity index (χ1) is 15.9. The summed E-state index contributed by atoms with van der Waals surface area (Å²) in [5, 5.41) is 15.3. The lowest BCUT2D eigenvalue weighted by atomic mass is 9.96. The molecular weight excluding hydrogens is 420 g/mol. The Morgan fingerprint density at radius 3 is 2.52 bits per heavy atom. The van der Waals surface area contributed by atoms with Crippen molar-refractivity contribution in [3.8, 4) is 5.75 Å². The number of pyridine rings is 1. The van der Waals surface area contributed by atoms with E-state index in [4.69, 9.17) is 4.74 Å². The van der Waals surface area contributed by atoms with E-state index < -0.39 is 6.10 Å². The number of hydrogen-bond donors (Lipinski definition) is 3. The molecule has 3 N–H and O–H groups in total. The van der Waals surface area contributed by atoms with Crippen LogP contribution in [-0.2, 0) is 0 Å². The Morgan fingerprint density at radius 1 is 1.18 bits per heavy atom. The van der Waals surface area contributed by atoms with E-state index in [9.17, 15) is 14.7 Å². The Morgan fingerprint density at radius 2 is 1.91 bits per heavy atom. The van der Waals surface area contributed by atoms with Crippen molar-refractivity contribution in [3.05, 3.63) is 53.2 Å². The average Bonchev–Trinajstić information content (AvgIpc) is 3.07. The standard InChI is InChI=1S/C25H32N4O4/c1-15(30)13-27-24(31)17-7-10-23(26-14-17)29-19-8-9-20(29)12-18(11-19)28-25(32)21-5-4-6-22(33-3)16(21)2/h4-7,10,14-15,18-20,30H,8-9,11-13H2,1-3H3,(H,27,31)(H,28,32)/t15-,18-,19+,20-/m0/s1. The van der Waals surface area contributed by atoms with Crippen LogP contribution < -0.4 is 20.3 Å². The topological polar surface area (TPSA) is 104 Å². The maximum absolute atomic E-state index is 12.9. The van der Waals surface area contributed by atoms with Crippen molar-refractivity contribution < 1.29 is 19.4 Å². The third-order valence-electron chi connectivity index (χ3n) is 6.65. The molecule has 2 aliphatic rings. The van der Waals surface area contributed by atoms with Crippen molar-refractivity contribution in [2.24, 2.45) is 0 Å². The number of fused-ring (bicyclic) bond motifs is 2. The molecule has 2 aliphatic heterocycles. The Hall–Kier alpha value is -3.13. The highest BCUT2D eigenvalue weighted by atomic mass is 16.5. The highest BCUT2D eigenvalue weighted by Gasteiger charge is 2.41. The zero-order chi connectivity index (χ0) is 23.5. The predicted molar refractivity (Wildman–Crippen MR) is 126 cm³/mol. The molecule has 0 saturated carbocycles. The molecule has 4 rings (SSSR count). The average molecular weight is 453 g/mol. The SMILES string of the molecule is COc1cccc(C(=O)N[C@H]2C[C@H]3CC[C@@H](C2)N3c2ccc(C(=O)NC[C@H](C)O)cn2)c1C. The number of rotatable bonds is 7. The number of piperidine rings is 1. The Bertz CT molecular complexity index is 994. The number of aliphatic hydroxyl groups excluding tert-OH is 1. The molecule has 0 aliphatic carbocycles. The molecule has 1 aromatic carbocycles. The summed E-state index contributed by atoms with van der Waals surface area (Å²) in [5.74, 6) is 1.27. The minimum absolute atomic E-state index is 0.0602. The molecule has 176 valence electrons. The van der Waals surface area contributed by atoms with Crippen LogP contribution >= 0.6 is 0 Å². The number of nitrogens with zero attached hydrogens (tertiary/aromatic N) is 2. The van der Waals surface area contributed by atoms with Gasteiger partial charge in [-0.1, -0.05) is 6.07 Å². The van der Waals surface area contributed by atoms with Crippen molar-refractivity contribution in [1.82, 2.24) is 15.6 Å². The maximum Gasteiger partial charge on any atom is 0.252 e. The van der Waals surface area contributed by atoms with Crippen molar-refractivity contribution in [3.63, 3.8) is 0 Å². The Kier molecular flexibility index (Phi) is 6.83. The third-order valence-corrected chi connectivity index (χ3v) is 6.65. The lowest BCUT2D eigenvalue weighted by Crippen LogP contribution is -2.50.